The van der Waals surface area contributed by atoms with Crippen LogP contribution in [0.1, 0.15) is 36.5 Å². The Bertz CT molecular complexity index is 742. The smallest absolute Gasteiger partial charge is 0.338 e. The minimum atomic E-state index is -1.03. The zero-order valence-electron chi connectivity index (χ0n) is 16.6. The summed E-state index contributed by atoms with van der Waals surface area (Å²) in [7, 11) is 1.26. The van der Waals surface area contributed by atoms with Crippen molar-refractivity contribution < 1.29 is 25.9 Å². The van der Waals surface area contributed by atoms with Gasteiger partial charge in [0.2, 0.25) is 0 Å². The fourth-order valence-electron chi connectivity index (χ4n) is 3.13. The number of carbonyl (C=O) groups excluding carboxylic acids is 2. The maximum absolute atomic E-state index is 12.6. The molecule has 0 aromatic heterocycles. The second kappa shape index (κ2) is 5.85. The van der Waals surface area contributed by atoms with Crippen molar-refractivity contribution in [3.05, 3.63) is 35.8 Å². The predicted molar refractivity (Wildman–Crippen MR) is 75.7 cm³/mol. The van der Waals surface area contributed by atoms with E-state index in [4.69, 9.17) is 16.3 Å². The highest BCUT2D eigenvalue weighted by Crippen LogP contribution is 2.34. The molecule has 1 aromatic rings. The zero-order chi connectivity index (χ0) is 19.2. The van der Waals surface area contributed by atoms with Crippen molar-refractivity contribution >= 4 is 11.9 Å². The first kappa shape index (κ1) is 9.20. The van der Waals surface area contributed by atoms with Crippen LogP contribution in [0.4, 0.5) is 0 Å². The van der Waals surface area contributed by atoms with Crippen LogP contribution in [0.15, 0.2) is 30.2 Å². The topological polar surface area (TPSA) is 64.6 Å². The van der Waals surface area contributed by atoms with Crippen LogP contribution < -0.4 is 5.32 Å². The summed E-state index contributed by atoms with van der Waals surface area (Å²) in [6, 6.07) is -3.08. The third kappa shape index (κ3) is 2.78. The van der Waals surface area contributed by atoms with Crippen LogP contribution in [0.5, 0.6) is 0 Å². The molecule has 0 saturated carbocycles. The Kier molecular flexibility index (Phi) is 2.57. The zero-order valence-corrected chi connectivity index (χ0v) is 11.6. The van der Waals surface area contributed by atoms with Gasteiger partial charge in [-0.05, 0) is 24.9 Å². The van der Waals surface area contributed by atoms with E-state index in [1.54, 1.807) is 0 Å². The first-order valence-corrected chi connectivity index (χ1v) is 6.88. The van der Waals surface area contributed by atoms with Gasteiger partial charge >= 0.3 is 11.9 Å². The van der Waals surface area contributed by atoms with Gasteiger partial charge in [-0.2, -0.15) is 0 Å². The number of rotatable bonds is 3. The number of hydrogen-bond acceptors (Lipinski definition) is 5. The average molecular weight is 294 g/mol. The monoisotopic (exact) mass is 294 g/mol. The Morgan fingerprint density at radius 3 is 2.76 bits per heavy atom. The van der Waals surface area contributed by atoms with Crippen LogP contribution >= 0.6 is 0 Å². The lowest BCUT2D eigenvalue weighted by Crippen LogP contribution is -2.53. The quantitative estimate of drug-likeness (QED) is 0.856. The van der Waals surface area contributed by atoms with Gasteiger partial charge in [0.05, 0.1) is 19.5 Å². The second-order valence-corrected chi connectivity index (χ2v) is 5.28. The molecular formula is C16H19NO4. The van der Waals surface area contributed by atoms with Gasteiger partial charge in [0.25, 0.3) is 0 Å². The number of esters is 2. The lowest BCUT2D eigenvalue weighted by atomic mass is 9.89. The van der Waals surface area contributed by atoms with E-state index in [-0.39, 0.29) is 12.1 Å². The van der Waals surface area contributed by atoms with Gasteiger partial charge < -0.3 is 14.8 Å². The molecule has 2 bridgehead atoms. The van der Waals surface area contributed by atoms with Crippen LogP contribution in [0, 0.1) is 5.92 Å². The van der Waals surface area contributed by atoms with Gasteiger partial charge in [0, 0.05) is 18.5 Å². The Balaban J connectivity index is 1.91. The third-order valence-electron chi connectivity index (χ3n) is 4.06. The second-order valence-electron chi connectivity index (χ2n) is 5.28. The molecule has 2 aliphatic heterocycles. The molecule has 1 N–H and O–H groups in total. The Morgan fingerprint density at radius 1 is 1.29 bits per heavy atom. The highest BCUT2D eigenvalue weighted by Gasteiger charge is 2.47. The lowest BCUT2D eigenvalue weighted by molar-refractivity contribution is -0.152. The van der Waals surface area contributed by atoms with E-state index in [0.717, 1.165) is 12.8 Å². The van der Waals surface area contributed by atoms with E-state index in [0.29, 0.717) is 6.42 Å². The predicted octanol–water partition coefficient (Wildman–Crippen LogP) is 1.53. The van der Waals surface area contributed by atoms with Crippen LogP contribution in [-0.2, 0) is 14.3 Å². The maximum atomic E-state index is 12.6. The molecule has 0 aliphatic carbocycles. The number of piperidine rings is 1. The SMILES string of the molecule is [2H]c1c([2H])c([2H])c(C(=O)OC2C[C@@H]3CC[C@@H](N3)C2C(=O)OC)c([2H])c1[2H]. The number of carbonyl (C=O) groups is 2. The van der Waals surface area contributed by atoms with E-state index in [2.05, 4.69) is 5.32 Å². The number of methoxy groups -OCH3 is 1. The molecule has 1 aromatic carbocycles. The molecule has 5 heteroatoms. The van der Waals surface area contributed by atoms with Gasteiger partial charge in [0.15, 0.2) is 0 Å². The van der Waals surface area contributed by atoms with Crippen LogP contribution in [0.25, 0.3) is 0 Å². The number of benzene rings is 1. The molecule has 3 rings (SSSR count). The molecule has 21 heavy (non-hydrogen) atoms. The Hall–Kier alpha value is -1.88. The Morgan fingerprint density at radius 2 is 2.05 bits per heavy atom. The fourth-order valence-corrected chi connectivity index (χ4v) is 3.13. The molecule has 4 atom stereocenters. The summed E-state index contributed by atoms with van der Waals surface area (Å²) in [4.78, 5) is 24.8. The Labute approximate surface area is 130 Å². The van der Waals surface area contributed by atoms with Gasteiger partial charge in [-0.3, -0.25) is 4.79 Å². The average Bonchev–Trinajstić information content (AvgIpc) is 2.99. The van der Waals surface area contributed by atoms with Gasteiger partial charge in [-0.15, -0.1) is 0 Å². The fraction of sp³-hybridized carbons (Fsp3) is 0.500. The minimum absolute atomic E-state index is 0.110. The molecule has 0 spiro atoms. The lowest BCUT2D eigenvalue weighted by Gasteiger charge is -2.35. The highest BCUT2D eigenvalue weighted by molar-refractivity contribution is 5.89. The molecule has 2 aliphatic rings. The van der Waals surface area contributed by atoms with Gasteiger partial charge in [-0.1, -0.05) is 18.1 Å². The standard InChI is InChI=1S/C16H19NO4/c1-20-16(19)14-12-8-7-11(17-12)9-13(14)21-15(18)10-5-3-2-4-6-10/h2-6,11-14,17H,7-9H2,1H3/t11-,12+,13?,14?/m0/s1/i2D,3D,4D,5D,6D. The van der Waals surface area contributed by atoms with E-state index < -0.39 is 59.7 Å². The van der Waals surface area contributed by atoms with Crippen molar-refractivity contribution in [1.82, 2.24) is 5.32 Å². The van der Waals surface area contributed by atoms with Crippen LogP contribution in [0.3, 0.4) is 0 Å². The largest absolute Gasteiger partial charge is 0.469 e. The maximum Gasteiger partial charge on any atom is 0.338 e. The molecule has 0 amide bonds. The van der Waals surface area contributed by atoms with Crippen molar-refractivity contribution in [1.29, 1.82) is 0 Å². The minimum Gasteiger partial charge on any atom is -0.469 e. The van der Waals surface area contributed by atoms with Gasteiger partial charge in [0.1, 0.15) is 12.0 Å². The molecule has 2 saturated heterocycles. The van der Waals surface area contributed by atoms with Crippen LogP contribution in [-0.4, -0.2) is 37.2 Å². The summed E-state index contributed by atoms with van der Waals surface area (Å²) in [5, 5.41) is 3.30. The molecule has 0 radical (unpaired) electrons. The van der Waals surface area contributed by atoms with E-state index in [9.17, 15) is 9.59 Å². The van der Waals surface area contributed by atoms with E-state index >= 15 is 0 Å². The van der Waals surface area contributed by atoms with E-state index in [1.165, 1.54) is 7.11 Å². The van der Waals surface area contributed by atoms with Crippen molar-refractivity contribution in [2.45, 2.75) is 37.5 Å². The molecule has 5 nitrogen and oxygen atoms in total. The van der Waals surface area contributed by atoms with Crippen molar-refractivity contribution in [2.24, 2.45) is 5.92 Å². The first-order chi connectivity index (χ1) is 12.3. The molecule has 2 fully saturated rings. The summed E-state index contributed by atoms with van der Waals surface area (Å²) in [5.41, 5.74) is -0.523. The number of nitrogens with one attached hydrogen (secondary N) is 1. The molecule has 2 unspecified atom stereocenters. The molecule has 112 valence electrons. The van der Waals surface area contributed by atoms with Crippen molar-refractivity contribution in [3.63, 3.8) is 0 Å². The molecular weight excluding hydrogens is 270 g/mol. The van der Waals surface area contributed by atoms with Crippen molar-refractivity contribution in [2.75, 3.05) is 7.11 Å². The van der Waals surface area contributed by atoms with Gasteiger partial charge in [-0.25, -0.2) is 4.79 Å². The normalized spacial score (nSPS) is 34.0. The molecule has 2 heterocycles. The van der Waals surface area contributed by atoms with Crippen LogP contribution in [0.2, 0.25) is 0 Å². The van der Waals surface area contributed by atoms with Crippen molar-refractivity contribution in [3.8, 4) is 0 Å². The number of ether oxygens (including phenoxy) is 2. The number of hydrogen-bond donors (Lipinski definition) is 1. The summed E-state index contributed by atoms with van der Waals surface area (Å²) < 4.78 is 48.9. The third-order valence-corrected chi connectivity index (χ3v) is 4.06. The summed E-state index contributed by atoms with van der Waals surface area (Å²) >= 11 is 0. The highest BCUT2D eigenvalue weighted by atomic mass is 16.6. The summed E-state index contributed by atoms with van der Waals surface area (Å²) in [5.74, 6) is -2.21. The summed E-state index contributed by atoms with van der Waals surface area (Å²) in [6.45, 7) is 0. The number of fused-ring (bicyclic) bond motifs is 2. The summed E-state index contributed by atoms with van der Waals surface area (Å²) in [6.07, 6.45) is 1.24. The van der Waals surface area contributed by atoms with E-state index in [1.807, 2.05) is 0 Å². The first-order valence-electron chi connectivity index (χ1n) is 9.38.